The molecule has 1 N–H and O–H groups in total. The van der Waals surface area contributed by atoms with Crippen molar-refractivity contribution < 1.29 is 9.47 Å². The van der Waals surface area contributed by atoms with Gasteiger partial charge in [0.25, 0.3) is 0 Å². The molecule has 0 aromatic rings. The molecule has 0 spiro atoms. The van der Waals surface area contributed by atoms with Crippen LogP contribution in [0.5, 0.6) is 0 Å². The molecular formula is C16H33N3O2. The van der Waals surface area contributed by atoms with E-state index < -0.39 is 0 Å². The van der Waals surface area contributed by atoms with Crippen molar-refractivity contribution in [3.63, 3.8) is 0 Å². The Kier molecular flexibility index (Phi) is 10.3. The van der Waals surface area contributed by atoms with Crippen molar-refractivity contribution in [1.82, 2.24) is 10.2 Å². The molecule has 0 aromatic carbocycles. The van der Waals surface area contributed by atoms with Gasteiger partial charge in [-0.3, -0.25) is 4.99 Å². The first kappa shape index (κ1) is 18.2. The molecule has 0 saturated carbocycles. The third-order valence-electron chi connectivity index (χ3n) is 3.67. The number of unbranched alkanes of at least 4 members (excludes halogenated alkanes) is 1. The monoisotopic (exact) mass is 299 g/mol. The minimum atomic E-state index is 0.635. The van der Waals surface area contributed by atoms with E-state index in [1.54, 1.807) is 7.11 Å². The van der Waals surface area contributed by atoms with Crippen molar-refractivity contribution in [3.05, 3.63) is 0 Å². The molecule has 1 heterocycles. The van der Waals surface area contributed by atoms with Crippen molar-refractivity contribution in [2.75, 3.05) is 53.1 Å². The summed E-state index contributed by atoms with van der Waals surface area (Å²) in [5.74, 6) is 1.68. The number of hydrogen-bond donors (Lipinski definition) is 1. The highest BCUT2D eigenvalue weighted by Crippen LogP contribution is 2.16. The van der Waals surface area contributed by atoms with E-state index in [2.05, 4.69) is 24.1 Å². The van der Waals surface area contributed by atoms with Gasteiger partial charge < -0.3 is 19.7 Å². The van der Waals surface area contributed by atoms with Gasteiger partial charge in [-0.15, -0.1) is 0 Å². The Hall–Kier alpha value is -0.810. The van der Waals surface area contributed by atoms with E-state index in [1.807, 2.05) is 0 Å². The summed E-state index contributed by atoms with van der Waals surface area (Å²) in [6.07, 6.45) is 4.53. The van der Waals surface area contributed by atoms with Crippen LogP contribution in [0.2, 0.25) is 0 Å². The van der Waals surface area contributed by atoms with Crippen LogP contribution in [-0.2, 0) is 9.47 Å². The van der Waals surface area contributed by atoms with Crippen molar-refractivity contribution in [3.8, 4) is 0 Å². The number of likely N-dealkylation sites (tertiary alicyclic amines) is 1. The summed E-state index contributed by atoms with van der Waals surface area (Å²) < 4.78 is 10.8. The molecule has 0 bridgehead atoms. The highest BCUT2D eigenvalue weighted by Gasteiger charge is 2.24. The molecule has 0 radical (unpaired) electrons. The first-order valence-corrected chi connectivity index (χ1v) is 8.41. The number of guanidine groups is 1. The summed E-state index contributed by atoms with van der Waals surface area (Å²) in [4.78, 5) is 7.07. The summed E-state index contributed by atoms with van der Waals surface area (Å²) in [6, 6.07) is 0. The topological polar surface area (TPSA) is 46.1 Å². The third-order valence-corrected chi connectivity index (χ3v) is 3.67. The number of ether oxygens (including phenoxy) is 2. The van der Waals surface area contributed by atoms with Gasteiger partial charge in [-0.25, -0.2) is 0 Å². The average molecular weight is 299 g/mol. The van der Waals surface area contributed by atoms with Crippen molar-refractivity contribution in [2.24, 2.45) is 10.9 Å². The number of nitrogens with zero attached hydrogens (tertiary/aromatic N) is 2. The molecular weight excluding hydrogens is 266 g/mol. The lowest BCUT2D eigenvalue weighted by molar-refractivity contribution is 0.130. The van der Waals surface area contributed by atoms with Crippen LogP contribution in [-0.4, -0.2) is 64.0 Å². The summed E-state index contributed by atoms with van der Waals surface area (Å²) in [5, 5.41) is 3.39. The molecule has 1 fully saturated rings. The van der Waals surface area contributed by atoms with Gasteiger partial charge in [-0.05, 0) is 26.2 Å². The molecule has 1 atom stereocenters. The second kappa shape index (κ2) is 11.8. The van der Waals surface area contributed by atoms with Crippen LogP contribution < -0.4 is 5.32 Å². The van der Waals surface area contributed by atoms with Crippen molar-refractivity contribution >= 4 is 5.96 Å². The highest BCUT2D eigenvalue weighted by atomic mass is 16.5. The van der Waals surface area contributed by atoms with E-state index in [0.717, 1.165) is 64.8 Å². The average Bonchev–Trinajstić information content (AvgIpc) is 2.94. The predicted octanol–water partition coefficient (Wildman–Crippen LogP) is 2.13. The smallest absolute Gasteiger partial charge is 0.193 e. The fraction of sp³-hybridized carbons (Fsp3) is 0.938. The van der Waals surface area contributed by atoms with Crippen LogP contribution in [0.4, 0.5) is 0 Å². The van der Waals surface area contributed by atoms with Crippen LogP contribution >= 0.6 is 0 Å². The van der Waals surface area contributed by atoms with Crippen LogP contribution in [0.1, 0.15) is 39.5 Å². The van der Waals surface area contributed by atoms with Gasteiger partial charge in [0.1, 0.15) is 0 Å². The second-order valence-electron chi connectivity index (χ2n) is 5.61. The van der Waals surface area contributed by atoms with Gasteiger partial charge >= 0.3 is 0 Å². The minimum Gasteiger partial charge on any atom is -0.384 e. The lowest BCUT2D eigenvalue weighted by Crippen LogP contribution is -2.40. The summed E-state index contributed by atoms with van der Waals surface area (Å²) in [7, 11) is 1.78. The minimum absolute atomic E-state index is 0.635. The number of nitrogens with one attached hydrogen (secondary N) is 1. The van der Waals surface area contributed by atoms with E-state index in [9.17, 15) is 0 Å². The van der Waals surface area contributed by atoms with E-state index in [-0.39, 0.29) is 0 Å². The zero-order valence-corrected chi connectivity index (χ0v) is 14.1. The van der Waals surface area contributed by atoms with E-state index >= 15 is 0 Å². The fourth-order valence-corrected chi connectivity index (χ4v) is 2.52. The molecule has 1 saturated heterocycles. The molecule has 1 aliphatic rings. The van der Waals surface area contributed by atoms with E-state index in [4.69, 9.17) is 14.5 Å². The number of methoxy groups -OCH3 is 1. The Bertz CT molecular complexity index is 285. The number of aliphatic imine (C=N–C) groups is 1. The van der Waals surface area contributed by atoms with Gasteiger partial charge in [-0.2, -0.15) is 0 Å². The van der Waals surface area contributed by atoms with Crippen LogP contribution in [0.15, 0.2) is 4.99 Å². The maximum Gasteiger partial charge on any atom is 0.193 e. The zero-order chi connectivity index (χ0) is 15.3. The quantitative estimate of drug-likeness (QED) is 0.381. The number of hydrogen-bond acceptors (Lipinski definition) is 3. The van der Waals surface area contributed by atoms with E-state index in [1.165, 1.54) is 12.8 Å². The third kappa shape index (κ3) is 7.67. The Balaban J connectivity index is 2.26. The second-order valence-corrected chi connectivity index (χ2v) is 5.61. The van der Waals surface area contributed by atoms with Gasteiger partial charge in [0, 0.05) is 52.4 Å². The highest BCUT2D eigenvalue weighted by molar-refractivity contribution is 5.80. The molecule has 1 aliphatic heterocycles. The summed E-state index contributed by atoms with van der Waals surface area (Å²) in [6.45, 7) is 10.7. The molecule has 5 heteroatoms. The lowest BCUT2D eigenvalue weighted by Gasteiger charge is -2.21. The largest absolute Gasteiger partial charge is 0.384 e. The maximum absolute atomic E-state index is 5.57. The summed E-state index contributed by atoms with van der Waals surface area (Å²) >= 11 is 0. The van der Waals surface area contributed by atoms with Gasteiger partial charge in [-0.1, -0.05) is 13.3 Å². The number of rotatable bonds is 10. The fourth-order valence-electron chi connectivity index (χ4n) is 2.52. The normalized spacial score (nSPS) is 19.3. The molecule has 5 nitrogen and oxygen atoms in total. The van der Waals surface area contributed by atoms with Gasteiger partial charge in [0.15, 0.2) is 5.96 Å². The first-order chi connectivity index (χ1) is 10.3. The van der Waals surface area contributed by atoms with Crippen molar-refractivity contribution in [2.45, 2.75) is 39.5 Å². The van der Waals surface area contributed by atoms with Gasteiger partial charge in [0.05, 0.1) is 6.61 Å². The zero-order valence-electron chi connectivity index (χ0n) is 14.1. The Morgan fingerprint density at radius 2 is 2.10 bits per heavy atom. The molecule has 1 rings (SSSR count). The van der Waals surface area contributed by atoms with Crippen molar-refractivity contribution in [1.29, 1.82) is 0 Å². The Morgan fingerprint density at radius 3 is 2.81 bits per heavy atom. The lowest BCUT2D eigenvalue weighted by atomic mass is 10.1. The SMILES string of the molecule is CCCCOCCCN=C(NCC)N1CCC(COC)C1. The molecule has 124 valence electrons. The van der Waals surface area contributed by atoms with E-state index in [0.29, 0.717) is 5.92 Å². The summed E-state index contributed by atoms with van der Waals surface area (Å²) in [5.41, 5.74) is 0. The molecule has 1 unspecified atom stereocenters. The Morgan fingerprint density at radius 1 is 1.29 bits per heavy atom. The molecule has 0 aromatic heterocycles. The van der Waals surface area contributed by atoms with Gasteiger partial charge in [0.2, 0.25) is 0 Å². The standard InChI is InChI=1S/C16H33N3O2/c1-4-6-11-21-12-7-9-18-16(17-5-2)19-10-8-15(13-19)14-20-3/h15H,4-14H2,1-3H3,(H,17,18). The first-order valence-electron chi connectivity index (χ1n) is 8.41. The maximum atomic E-state index is 5.57. The van der Waals surface area contributed by atoms with Crippen LogP contribution in [0.3, 0.4) is 0 Å². The predicted molar refractivity (Wildman–Crippen MR) is 87.9 cm³/mol. The molecule has 0 amide bonds. The van der Waals surface area contributed by atoms with Crippen LogP contribution in [0.25, 0.3) is 0 Å². The van der Waals surface area contributed by atoms with Crippen LogP contribution in [0, 0.1) is 5.92 Å². The molecule has 0 aliphatic carbocycles. The molecule has 21 heavy (non-hydrogen) atoms. The Labute approximate surface area is 130 Å².